The van der Waals surface area contributed by atoms with Crippen LogP contribution in [0.3, 0.4) is 0 Å². The lowest BCUT2D eigenvalue weighted by Crippen LogP contribution is -2.23. The normalized spacial score (nSPS) is 11.9. The molecule has 0 radical (unpaired) electrons. The Kier molecular flexibility index (Phi) is 3.72. The Hall–Kier alpha value is -2.18. The van der Waals surface area contributed by atoms with Gasteiger partial charge in [-0.1, -0.05) is 25.1 Å². The van der Waals surface area contributed by atoms with Crippen molar-refractivity contribution < 1.29 is 8.42 Å². The van der Waals surface area contributed by atoms with Gasteiger partial charge in [0.05, 0.1) is 5.69 Å². The van der Waals surface area contributed by atoms with Crippen LogP contribution in [0.2, 0.25) is 0 Å². The van der Waals surface area contributed by atoms with Crippen LogP contribution in [0.1, 0.15) is 6.92 Å². The number of hydrogen-bond donors (Lipinski definition) is 1. The second kappa shape index (κ2) is 5.55. The van der Waals surface area contributed by atoms with E-state index in [1.54, 1.807) is 19.2 Å². The third kappa shape index (κ3) is 2.51. The molecular formula is C16H17N3O2S. The molecule has 1 N–H and O–H groups in total. The van der Waals surface area contributed by atoms with Crippen molar-refractivity contribution in [3.63, 3.8) is 0 Å². The second-order valence-corrected chi connectivity index (χ2v) is 6.83. The number of rotatable bonds is 4. The molecule has 114 valence electrons. The van der Waals surface area contributed by atoms with Gasteiger partial charge in [-0.2, -0.15) is 0 Å². The minimum absolute atomic E-state index is 0.178. The van der Waals surface area contributed by atoms with Gasteiger partial charge in [0, 0.05) is 42.5 Å². The molecule has 0 spiro atoms. The van der Waals surface area contributed by atoms with Crippen LogP contribution < -0.4 is 4.72 Å². The molecule has 0 aliphatic rings. The molecule has 0 aliphatic heterocycles. The summed E-state index contributed by atoms with van der Waals surface area (Å²) in [5, 5.41) is 1.11. The van der Waals surface area contributed by atoms with Gasteiger partial charge in [0.15, 0.2) is 0 Å². The molecule has 22 heavy (non-hydrogen) atoms. The lowest BCUT2D eigenvalue weighted by Gasteiger charge is -2.07. The summed E-state index contributed by atoms with van der Waals surface area (Å²) in [6, 6.07) is 11.7. The lowest BCUT2D eigenvalue weighted by molar-refractivity contribution is 0.583. The van der Waals surface area contributed by atoms with E-state index >= 15 is 0 Å². The van der Waals surface area contributed by atoms with E-state index in [4.69, 9.17) is 0 Å². The fourth-order valence-corrected chi connectivity index (χ4v) is 3.57. The van der Waals surface area contributed by atoms with Crippen molar-refractivity contribution >= 4 is 20.9 Å². The number of hydrogen-bond acceptors (Lipinski definition) is 3. The Balaban J connectivity index is 2.14. The molecule has 0 fully saturated rings. The van der Waals surface area contributed by atoms with E-state index in [2.05, 4.69) is 9.71 Å². The first-order valence-corrected chi connectivity index (χ1v) is 8.51. The topological polar surface area (TPSA) is 64.0 Å². The van der Waals surface area contributed by atoms with Crippen LogP contribution in [0.15, 0.2) is 53.7 Å². The third-order valence-electron chi connectivity index (χ3n) is 3.61. The zero-order chi connectivity index (χ0) is 15.7. The zero-order valence-electron chi connectivity index (χ0n) is 12.4. The predicted molar refractivity (Wildman–Crippen MR) is 87.0 cm³/mol. The first-order valence-electron chi connectivity index (χ1n) is 7.02. The molecule has 3 aromatic rings. The van der Waals surface area contributed by atoms with Crippen molar-refractivity contribution in [3.8, 4) is 11.3 Å². The van der Waals surface area contributed by atoms with Crippen LogP contribution in [-0.2, 0) is 17.1 Å². The first kappa shape index (κ1) is 14.7. The molecule has 3 rings (SSSR count). The molecule has 1 aromatic carbocycles. The van der Waals surface area contributed by atoms with E-state index in [0.717, 1.165) is 22.2 Å². The van der Waals surface area contributed by atoms with E-state index < -0.39 is 10.0 Å². The number of aryl methyl sites for hydroxylation is 1. The summed E-state index contributed by atoms with van der Waals surface area (Å²) in [4.78, 5) is 4.27. The highest BCUT2D eigenvalue weighted by molar-refractivity contribution is 7.89. The molecule has 6 heteroatoms. The third-order valence-corrected chi connectivity index (χ3v) is 5.12. The van der Waals surface area contributed by atoms with E-state index in [0.29, 0.717) is 6.54 Å². The average Bonchev–Trinajstić information content (AvgIpc) is 2.85. The van der Waals surface area contributed by atoms with Gasteiger partial charge >= 0.3 is 0 Å². The molecule has 0 aliphatic carbocycles. The molecule has 0 amide bonds. The van der Waals surface area contributed by atoms with Gasteiger partial charge in [-0.3, -0.25) is 4.98 Å². The molecule has 5 nitrogen and oxygen atoms in total. The number of aromatic nitrogens is 2. The summed E-state index contributed by atoms with van der Waals surface area (Å²) in [6.45, 7) is 2.10. The van der Waals surface area contributed by atoms with Gasteiger partial charge in [0.1, 0.15) is 4.90 Å². The van der Waals surface area contributed by atoms with Gasteiger partial charge in [0.2, 0.25) is 10.0 Å². The maximum Gasteiger partial charge on any atom is 0.242 e. The van der Waals surface area contributed by atoms with Gasteiger partial charge < -0.3 is 4.57 Å². The van der Waals surface area contributed by atoms with Crippen LogP contribution >= 0.6 is 0 Å². The smallest absolute Gasteiger partial charge is 0.242 e. The number of pyridine rings is 1. The number of nitrogens with zero attached hydrogens (tertiary/aromatic N) is 2. The zero-order valence-corrected chi connectivity index (χ0v) is 13.3. The van der Waals surface area contributed by atoms with Crippen molar-refractivity contribution in [1.29, 1.82) is 0 Å². The SMILES string of the molecule is CCNS(=O)(=O)c1cncc(-c2cc3ccccc3n2C)c1. The predicted octanol–water partition coefficient (Wildman–Crippen LogP) is 2.54. The first-order chi connectivity index (χ1) is 10.5. The maximum absolute atomic E-state index is 12.1. The van der Waals surface area contributed by atoms with Crippen LogP contribution in [-0.4, -0.2) is 24.5 Å². The molecule has 0 saturated heterocycles. The van der Waals surface area contributed by atoms with Gasteiger partial charge in [-0.25, -0.2) is 13.1 Å². The Morgan fingerprint density at radius 2 is 1.95 bits per heavy atom. The van der Waals surface area contributed by atoms with Crippen molar-refractivity contribution in [2.75, 3.05) is 6.54 Å². The minimum Gasteiger partial charge on any atom is -0.344 e. The highest BCUT2D eigenvalue weighted by Gasteiger charge is 2.15. The monoisotopic (exact) mass is 315 g/mol. The second-order valence-electron chi connectivity index (χ2n) is 5.06. The molecule has 2 heterocycles. The fraction of sp³-hybridized carbons (Fsp3) is 0.188. The summed E-state index contributed by atoms with van der Waals surface area (Å²) < 4.78 is 28.8. The Morgan fingerprint density at radius 1 is 1.18 bits per heavy atom. The van der Waals surface area contributed by atoms with Crippen molar-refractivity contribution in [1.82, 2.24) is 14.3 Å². The van der Waals surface area contributed by atoms with Gasteiger partial charge in [0.25, 0.3) is 0 Å². The van der Waals surface area contributed by atoms with Crippen LogP contribution in [0, 0.1) is 0 Å². The van der Waals surface area contributed by atoms with E-state index in [-0.39, 0.29) is 4.90 Å². The van der Waals surface area contributed by atoms with Crippen LogP contribution in [0.4, 0.5) is 0 Å². The summed E-state index contributed by atoms with van der Waals surface area (Å²) in [5.74, 6) is 0. The highest BCUT2D eigenvalue weighted by atomic mass is 32.2. The largest absolute Gasteiger partial charge is 0.344 e. The van der Waals surface area contributed by atoms with E-state index in [1.165, 1.54) is 6.20 Å². The molecule has 0 saturated carbocycles. The summed E-state index contributed by atoms with van der Waals surface area (Å²) >= 11 is 0. The number of nitrogens with one attached hydrogen (secondary N) is 1. The van der Waals surface area contributed by atoms with Crippen LogP contribution in [0.5, 0.6) is 0 Å². The number of fused-ring (bicyclic) bond motifs is 1. The molecule has 0 bridgehead atoms. The number of benzene rings is 1. The Labute approximate surface area is 129 Å². The molecular weight excluding hydrogens is 298 g/mol. The minimum atomic E-state index is -3.51. The number of para-hydroxylation sites is 1. The average molecular weight is 315 g/mol. The van der Waals surface area contributed by atoms with Crippen molar-refractivity contribution in [2.24, 2.45) is 7.05 Å². The van der Waals surface area contributed by atoms with Crippen LogP contribution in [0.25, 0.3) is 22.2 Å². The maximum atomic E-state index is 12.1. The fourth-order valence-electron chi connectivity index (χ4n) is 2.55. The molecule has 0 atom stereocenters. The quantitative estimate of drug-likeness (QED) is 0.804. The lowest BCUT2D eigenvalue weighted by atomic mass is 10.2. The van der Waals surface area contributed by atoms with Crippen molar-refractivity contribution in [2.45, 2.75) is 11.8 Å². The Morgan fingerprint density at radius 3 is 2.68 bits per heavy atom. The summed E-state index contributed by atoms with van der Waals surface area (Å²) in [6.07, 6.45) is 3.04. The van der Waals surface area contributed by atoms with E-state index in [1.807, 2.05) is 41.9 Å². The number of sulfonamides is 1. The standard InChI is InChI=1S/C16H17N3O2S/c1-3-18-22(20,21)14-8-13(10-17-11-14)16-9-12-6-4-5-7-15(12)19(16)2/h4-11,18H,3H2,1-2H3. The Bertz CT molecular complexity index is 929. The molecule has 2 aromatic heterocycles. The van der Waals surface area contributed by atoms with Gasteiger partial charge in [-0.15, -0.1) is 0 Å². The highest BCUT2D eigenvalue weighted by Crippen LogP contribution is 2.27. The summed E-state index contributed by atoms with van der Waals surface area (Å²) in [5.41, 5.74) is 2.80. The van der Waals surface area contributed by atoms with Gasteiger partial charge in [-0.05, 0) is 18.2 Å². The molecule has 0 unspecified atom stereocenters. The summed E-state index contributed by atoms with van der Waals surface area (Å²) in [7, 11) is -1.54. The van der Waals surface area contributed by atoms with Crippen molar-refractivity contribution in [3.05, 3.63) is 48.8 Å². The van der Waals surface area contributed by atoms with E-state index in [9.17, 15) is 8.42 Å².